The highest BCUT2D eigenvalue weighted by Crippen LogP contribution is 2.07. The molecule has 43 valence electrons. The van der Waals surface area contributed by atoms with Gasteiger partial charge < -0.3 is 5.11 Å². The van der Waals surface area contributed by atoms with E-state index in [-0.39, 0.29) is 0 Å². The normalized spacial score (nSPS) is 22.2. The van der Waals surface area contributed by atoms with Crippen molar-refractivity contribution >= 4 is 0 Å². The van der Waals surface area contributed by atoms with Crippen molar-refractivity contribution in [3.05, 3.63) is 6.92 Å². The van der Waals surface area contributed by atoms with E-state index in [0.29, 0.717) is 0 Å². The van der Waals surface area contributed by atoms with Crippen LogP contribution in [0.3, 0.4) is 0 Å². The summed E-state index contributed by atoms with van der Waals surface area (Å²) < 4.78 is 0. The summed E-state index contributed by atoms with van der Waals surface area (Å²) in [7, 11) is 0. The lowest BCUT2D eigenvalue weighted by atomic mass is 10.3. The first-order chi connectivity index (χ1) is 3.80. The molecule has 1 aliphatic heterocycles. The minimum absolute atomic E-state index is 0.574. The van der Waals surface area contributed by atoms with Gasteiger partial charge in [-0.1, -0.05) is 0 Å². The van der Waals surface area contributed by atoms with Gasteiger partial charge in [0.2, 0.25) is 6.17 Å². The maximum absolute atomic E-state index is 8.63. The first kappa shape index (κ1) is 5.30. The van der Waals surface area contributed by atoms with E-state index in [1.807, 2.05) is 0 Å². The highest BCUT2D eigenvalue weighted by atomic mass is 16.3. The SMILES string of the molecule is [CH2]C(O)C1N=NN=N1. The molecule has 0 amide bonds. The molecule has 0 saturated heterocycles. The predicted molar refractivity (Wildman–Crippen MR) is 24.9 cm³/mol. The van der Waals surface area contributed by atoms with Gasteiger partial charge in [0, 0.05) is 0 Å². The van der Waals surface area contributed by atoms with Crippen LogP contribution in [0.15, 0.2) is 20.7 Å². The number of hydrogen-bond donors (Lipinski definition) is 1. The molecule has 0 aromatic rings. The summed E-state index contributed by atoms with van der Waals surface area (Å²) in [5.74, 6) is 0. The molecule has 8 heavy (non-hydrogen) atoms. The van der Waals surface area contributed by atoms with Gasteiger partial charge in [-0.15, -0.1) is 10.2 Å². The van der Waals surface area contributed by atoms with E-state index < -0.39 is 12.3 Å². The summed E-state index contributed by atoms with van der Waals surface area (Å²) in [4.78, 5) is 0. The average molecular weight is 113 g/mol. The second-order valence-corrected chi connectivity index (χ2v) is 1.39. The Hall–Kier alpha value is -0.840. The topological polar surface area (TPSA) is 69.7 Å². The molecule has 1 aliphatic rings. The van der Waals surface area contributed by atoms with Crippen molar-refractivity contribution in [3.8, 4) is 0 Å². The van der Waals surface area contributed by atoms with Crippen molar-refractivity contribution in [2.45, 2.75) is 12.3 Å². The smallest absolute Gasteiger partial charge is 0.210 e. The van der Waals surface area contributed by atoms with E-state index in [4.69, 9.17) is 5.11 Å². The Labute approximate surface area is 46.1 Å². The molecule has 1 heterocycles. The molecule has 0 saturated carbocycles. The number of rotatable bonds is 1. The highest BCUT2D eigenvalue weighted by molar-refractivity contribution is 4.73. The van der Waals surface area contributed by atoms with E-state index in [9.17, 15) is 0 Å². The largest absolute Gasteiger partial charge is 0.389 e. The average Bonchev–Trinajstić information content (AvgIpc) is 2.12. The second-order valence-electron chi connectivity index (χ2n) is 1.39. The van der Waals surface area contributed by atoms with Gasteiger partial charge in [0.15, 0.2) is 0 Å². The molecule has 1 atom stereocenters. The summed E-state index contributed by atoms with van der Waals surface area (Å²) in [6.45, 7) is 3.27. The Morgan fingerprint density at radius 1 is 1.38 bits per heavy atom. The van der Waals surface area contributed by atoms with E-state index >= 15 is 0 Å². The van der Waals surface area contributed by atoms with Gasteiger partial charge in [-0.25, -0.2) is 0 Å². The Morgan fingerprint density at radius 2 is 1.88 bits per heavy atom. The Bertz CT molecular complexity index is 117. The van der Waals surface area contributed by atoms with E-state index in [1.165, 1.54) is 0 Å². The van der Waals surface area contributed by atoms with Crippen LogP contribution in [-0.4, -0.2) is 17.4 Å². The van der Waals surface area contributed by atoms with Crippen LogP contribution < -0.4 is 0 Å². The van der Waals surface area contributed by atoms with Gasteiger partial charge in [0.05, 0.1) is 0 Å². The van der Waals surface area contributed by atoms with Crippen LogP contribution in [-0.2, 0) is 0 Å². The third-order valence-corrected chi connectivity index (χ3v) is 0.724. The van der Waals surface area contributed by atoms with E-state index in [1.54, 1.807) is 0 Å². The zero-order valence-corrected chi connectivity index (χ0v) is 4.10. The second kappa shape index (κ2) is 1.95. The Kier molecular flexibility index (Phi) is 1.29. The maximum Gasteiger partial charge on any atom is 0.210 e. The van der Waals surface area contributed by atoms with Gasteiger partial charge >= 0.3 is 0 Å². The van der Waals surface area contributed by atoms with E-state index in [2.05, 4.69) is 27.6 Å². The fraction of sp³-hybridized carbons (Fsp3) is 0.667. The van der Waals surface area contributed by atoms with Crippen molar-refractivity contribution in [1.29, 1.82) is 0 Å². The molecular weight excluding hydrogens is 108 g/mol. The van der Waals surface area contributed by atoms with Gasteiger partial charge in [0.25, 0.3) is 0 Å². The molecule has 1 rings (SSSR count). The van der Waals surface area contributed by atoms with Crippen LogP contribution >= 0.6 is 0 Å². The first-order valence-corrected chi connectivity index (χ1v) is 2.12. The molecule has 5 heteroatoms. The third-order valence-electron chi connectivity index (χ3n) is 0.724. The fourth-order valence-electron chi connectivity index (χ4n) is 0.329. The van der Waals surface area contributed by atoms with Crippen LogP contribution in [0.2, 0.25) is 0 Å². The van der Waals surface area contributed by atoms with Crippen molar-refractivity contribution in [2.24, 2.45) is 20.7 Å². The third kappa shape index (κ3) is 0.865. The molecule has 0 spiro atoms. The molecule has 1 radical (unpaired) electrons. The number of aliphatic hydroxyl groups excluding tert-OH is 1. The summed E-state index contributed by atoms with van der Waals surface area (Å²) in [6, 6.07) is 0. The summed E-state index contributed by atoms with van der Waals surface area (Å²) in [5.41, 5.74) is 0. The minimum Gasteiger partial charge on any atom is -0.389 e. The quantitative estimate of drug-likeness (QED) is 0.523. The zero-order valence-electron chi connectivity index (χ0n) is 4.10. The van der Waals surface area contributed by atoms with Crippen LogP contribution in [0, 0.1) is 6.92 Å². The van der Waals surface area contributed by atoms with Gasteiger partial charge in [-0.05, 0) is 17.4 Å². The molecule has 0 bridgehead atoms. The summed E-state index contributed by atoms with van der Waals surface area (Å²) in [6.07, 6.45) is -1.40. The lowest BCUT2D eigenvalue weighted by Gasteiger charge is -2.00. The van der Waals surface area contributed by atoms with Crippen LogP contribution in [0.25, 0.3) is 0 Å². The van der Waals surface area contributed by atoms with Crippen LogP contribution in [0.1, 0.15) is 0 Å². The Balaban J connectivity index is 2.49. The molecule has 1 unspecified atom stereocenters. The number of aliphatic hydroxyl groups is 1. The van der Waals surface area contributed by atoms with Crippen molar-refractivity contribution < 1.29 is 5.11 Å². The van der Waals surface area contributed by atoms with Gasteiger partial charge in [-0.2, -0.15) is 0 Å². The molecule has 1 N–H and O–H groups in total. The number of nitrogens with zero attached hydrogens (tertiary/aromatic N) is 4. The summed E-state index contributed by atoms with van der Waals surface area (Å²) >= 11 is 0. The Morgan fingerprint density at radius 3 is 2.12 bits per heavy atom. The van der Waals surface area contributed by atoms with Crippen molar-refractivity contribution in [3.63, 3.8) is 0 Å². The van der Waals surface area contributed by atoms with Gasteiger partial charge in [-0.3, -0.25) is 0 Å². The lowest BCUT2D eigenvalue weighted by molar-refractivity contribution is 0.191. The molecular formula is C3H5N4O. The fourth-order valence-corrected chi connectivity index (χ4v) is 0.329. The molecule has 0 fully saturated rings. The predicted octanol–water partition coefficient (Wildman–Crippen LogP) is 0.340. The molecule has 5 nitrogen and oxygen atoms in total. The van der Waals surface area contributed by atoms with Gasteiger partial charge in [0.1, 0.15) is 6.10 Å². The highest BCUT2D eigenvalue weighted by Gasteiger charge is 2.14. The monoisotopic (exact) mass is 113 g/mol. The van der Waals surface area contributed by atoms with Crippen LogP contribution in [0.4, 0.5) is 0 Å². The van der Waals surface area contributed by atoms with E-state index in [0.717, 1.165) is 0 Å². The van der Waals surface area contributed by atoms with Crippen molar-refractivity contribution in [2.75, 3.05) is 0 Å². The molecule has 0 aromatic heterocycles. The summed E-state index contributed by atoms with van der Waals surface area (Å²) in [5, 5.41) is 21.8. The number of hydrogen-bond acceptors (Lipinski definition) is 5. The first-order valence-electron chi connectivity index (χ1n) is 2.12. The molecule has 0 aromatic carbocycles. The maximum atomic E-state index is 8.63. The lowest BCUT2D eigenvalue weighted by Crippen LogP contribution is -2.15. The molecule has 0 aliphatic carbocycles. The standard InChI is InChI=1S/C3H5N4O/c1-2(8)3-4-6-7-5-3/h2-3,8H,1H2. The minimum atomic E-state index is -0.829. The van der Waals surface area contributed by atoms with Crippen molar-refractivity contribution in [1.82, 2.24) is 0 Å². The van der Waals surface area contributed by atoms with Crippen LogP contribution in [0.5, 0.6) is 0 Å². The zero-order chi connectivity index (χ0) is 5.98.